The van der Waals surface area contributed by atoms with Gasteiger partial charge in [-0.3, -0.25) is 9.59 Å². The van der Waals surface area contributed by atoms with E-state index in [1.165, 1.54) is 19.3 Å². The molecule has 0 radical (unpaired) electrons. The fraction of sp³-hybridized carbons (Fsp3) is 0.600. The van der Waals surface area contributed by atoms with Gasteiger partial charge in [0.15, 0.2) is 0 Å². The normalized spacial score (nSPS) is 28.2. The number of hydrogen-bond donors (Lipinski definition) is 1. The minimum absolute atomic E-state index is 0.182. The second kappa shape index (κ2) is 7.40. The zero-order chi connectivity index (χ0) is 17.2. The highest BCUT2D eigenvalue weighted by molar-refractivity contribution is 7.99. The Morgan fingerprint density at radius 1 is 1.08 bits per heavy atom. The maximum Gasteiger partial charge on any atom is 0.227 e. The number of fused-ring (bicyclic) bond motifs is 2. The summed E-state index contributed by atoms with van der Waals surface area (Å²) in [7, 11) is 0. The van der Waals surface area contributed by atoms with Crippen molar-refractivity contribution in [3.63, 3.8) is 0 Å². The van der Waals surface area contributed by atoms with E-state index in [9.17, 15) is 9.59 Å². The summed E-state index contributed by atoms with van der Waals surface area (Å²) in [6.45, 7) is 1.72. The standard InChI is InChI=1S/C20H26N2O2S/c23-19(22-7-9-25-10-8-22)13-14-2-5-17(6-3-14)21-20(24)18-12-15-1-4-16(18)11-15/h2-3,5-6,15-16,18H,1,4,7-13H2,(H,21,24). The number of carbonyl (C=O) groups excluding carboxylic acids is 2. The van der Waals surface area contributed by atoms with Crippen LogP contribution in [0.5, 0.6) is 0 Å². The molecule has 0 spiro atoms. The largest absolute Gasteiger partial charge is 0.341 e. The molecule has 25 heavy (non-hydrogen) atoms. The van der Waals surface area contributed by atoms with Crippen molar-refractivity contribution in [1.29, 1.82) is 0 Å². The Bertz CT molecular complexity index is 640. The van der Waals surface area contributed by atoms with E-state index < -0.39 is 0 Å². The van der Waals surface area contributed by atoms with Crippen molar-refractivity contribution in [2.45, 2.75) is 32.1 Å². The van der Waals surface area contributed by atoms with Gasteiger partial charge in [0, 0.05) is 36.2 Å². The van der Waals surface area contributed by atoms with Gasteiger partial charge in [0.05, 0.1) is 6.42 Å². The second-order valence-electron chi connectivity index (χ2n) is 7.64. The lowest BCUT2D eigenvalue weighted by Crippen LogP contribution is -2.38. The zero-order valence-electron chi connectivity index (χ0n) is 14.6. The molecule has 2 amide bonds. The smallest absolute Gasteiger partial charge is 0.227 e. The van der Waals surface area contributed by atoms with Crippen molar-refractivity contribution in [1.82, 2.24) is 4.90 Å². The molecular formula is C20H26N2O2S. The molecule has 4 rings (SSSR count). The molecule has 2 bridgehead atoms. The molecule has 134 valence electrons. The number of hydrogen-bond acceptors (Lipinski definition) is 3. The Hall–Kier alpha value is -1.49. The van der Waals surface area contributed by atoms with Gasteiger partial charge in [0.1, 0.15) is 0 Å². The highest BCUT2D eigenvalue weighted by atomic mass is 32.2. The van der Waals surface area contributed by atoms with Gasteiger partial charge >= 0.3 is 0 Å². The van der Waals surface area contributed by atoms with Crippen LogP contribution in [-0.4, -0.2) is 41.3 Å². The van der Waals surface area contributed by atoms with Crippen LogP contribution in [0, 0.1) is 17.8 Å². The van der Waals surface area contributed by atoms with Gasteiger partial charge in [-0.25, -0.2) is 0 Å². The molecule has 1 N–H and O–H groups in total. The van der Waals surface area contributed by atoms with E-state index in [0.29, 0.717) is 12.3 Å². The van der Waals surface area contributed by atoms with E-state index >= 15 is 0 Å². The van der Waals surface area contributed by atoms with Crippen LogP contribution in [-0.2, 0) is 16.0 Å². The van der Waals surface area contributed by atoms with E-state index in [0.717, 1.165) is 48.2 Å². The third-order valence-electron chi connectivity index (χ3n) is 6.02. The first-order valence-corrected chi connectivity index (χ1v) is 10.6. The molecule has 5 heteroatoms. The van der Waals surface area contributed by atoms with E-state index in [1.54, 1.807) is 0 Å². The van der Waals surface area contributed by atoms with E-state index in [2.05, 4.69) is 5.32 Å². The van der Waals surface area contributed by atoms with Gasteiger partial charge in [-0.1, -0.05) is 18.6 Å². The molecule has 1 heterocycles. The summed E-state index contributed by atoms with van der Waals surface area (Å²) in [4.78, 5) is 26.8. The van der Waals surface area contributed by atoms with Crippen LogP contribution in [0.15, 0.2) is 24.3 Å². The topological polar surface area (TPSA) is 49.4 Å². The first kappa shape index (κ1) is 17.0. The monoisotopic (exact) mass is 358 g/mol. The minimum Gasteiger partial charge on any atom is -0.341 e. The van der Waals surface area contributed by atoms with Crippen LogP contribution in [0.2, 0.25) is 0 Å². The Kier molecular flexibility index (Phi) is 5.02. The molecule has 3 atom stereocenters. The van der Waals surface area contributed by atoms with Crippen LogP contribution in [0.3, 0.4) is 0 Å². The average molecular weight is 359 g/mol. The molecule has 4 nitrogen and oxygen atoms in total. The number of benzene rings is 1. The van der Waals surface area contributed by atoms with Crippen LogP contribution in [0.1, 0.15) is 31.2 Å². The lowest BCUT2D eigenvalue weighted by molar-refractivity contribution is -0.130. The van der Waals surface area contributed by atoms with Crippen LogP contribution in [0.4, 0.5) is 5.69 Å². The molecule has 3 fully saturated rings. The van der Waals surface area contributed by atoms with Gasteiger partial charge in [0.2, 0.25) is 11.8 Å². The molecular weight excluding hydrogens is 332 g/mol. The zero-order valence-corrected chi connectivity index (χ0v) is 15.4. The van der Waals surface area contributed by atoms with Crippen molar-refractivity contribution in [2.75, 3.05) is 29.9 Å². The molecule has 1 aliphatic heterocycles. The van der Waals surface area contributed by atoms with Gasteiger partial charge in [-0.05, 0) is 48.8 Å². The Balaban J connectivity index is 1.31. The summed E-state index contributed by atoms with van der Waals surface area (Å²) in [5.74, 6) is 4.06. The Morgan fingerprint density at radius 3 is 2.48 bits per heavy atom. The average Bonchev–Trinajstić information content (AvgIpc) is 3.27. The summed E-state index contributed by atoms with van der Waals surface area (Å²) in [6.07, 6.45) is 5.29. The lowest BCUT2D eigenvalue weighted by Gasteiger charge is -2.26. The maximum atomic E-state index is 12.5. The van der Waals surface area contributed by atoms with Crippen LogP contribution < -0.4 is 5.32 Å². The van der Waals surface area contributed by atoms with Crippen molar-refractivity contribution < 1.29 is 9.59 Å². The predicted octanol–water partition coefficient (Wildman–Crippen LogP) is 3.18. The van der Waals surface area contributed by atoms with Crippen molar-refractivity contribution in [2.24, 2.45) is 17.8 Å². The number of carbonyl (C=O) groups is 2. The third kappa shape index (κ3) is 3.86. The molecule has 3 unspecified atom stereocenters. The van der Waals surface area contributed by atoms with Crippen LogP contribution >= 0.6 is 11.8 Å². The fourth-order valence-corrected chi connectivity index (χ4v) is 5.51. The first-order chi connectivity index (χ1) is 12.2. The number of nitrogens with zero attached hydrogens (tertiary/aromatic N) is 1. The Morgan fingerprint density at radius 2 is 1.84 bits per heavy atom. The number of rotatable bonds is 4. The molecule has 1 aromatic rings. The lowest BCUT2D eigenvalue weighted by atomic mass is 9.88. The van der Waals surface area contributed by atoms with E-state index in [-0.39, 0.29) is 17.7 Å². The molecule has 1 saturated heterocycles. The summed E-state index contributed by atoms with van der Waals surface area (Å²) in [5.41, 5.74) is 1.86. The molecule has 2 saturated carbocycles. The maximum absolute atomic E-state index is 12.5. The van der Waals surface area contributed by atoms with E-state index in [4.69, 9.17) is 0 Å². The Labute approximate surface area is 153 Å². The van der Waals surface area contributed by atoms with E-state index in [1.807, 2.05) is 40.9 Å². The second-order valence-corrected chi connectivity index (χ2v) is 8.86. The van der Waals surface area contributed by atoms with Crippen LogP contribution in [0.25, 0.3) is 0 Å². The van der Waals surface area contributed by atoms with Crippen molar-refractivity contribution in [3.8, 4) is 0 Å². The predicted molar refractivity (Wildman–Crippen MR) is 102 cm³/mol. The number of nitrogens with one attached hydrogen (secondary N) is 1. The SMILES string of the molecule is O=C(Nc1ccc(CC(=O)N2CCSCC2)cc1)C1CC2CCC1C2. The van der Waals surface area contributed by atoms with Crippen molar-refractivity contribution in [3.05, 3.63) is 29.8 Å². The molecule has 1 aromatic carbocycles. The highest BCUT2D eigenvalue weighted by Crippen LogP contribution is 2.48. The first-order valence-electron chi connectivity index (χ1n) is 9.44. The summed E-state index contributed by atoms with van der Waals surface area (Å²) < 4.78 is 0. The third-order valence-corrected chi connectivity index (χ3v) is 6.96. The number of anilines is 1. The number of thioether (sulfide) groups is 1. The highest BCUT2D eigenvalue weighted by Gasteiger charge is 2.42. The summed E-state index contributed by atoms with van der Waals surface area (Å²) in [5, 5.41) is 3.08. The van der Waals surface area contributed by atoms with Gasteiger partial charge in [-0.15, -0.1) is 0 Å². The van der Waals surface area contributed by atoms with Gasteiger partial charge in [0.25, 0.3) is 0 Å². The minimum atomic E-state index is 0.182. The number of amides is 2. The summed E-state index contributed by atoms with van der Waals surface area (Å²) >= 11 is 1.91. The van der Waals surface area contributed by atoms with Crippen molar-refractivity contribution >= 4 is 29.3 Å². The van der Waals surface area contributed by atoms with Gasteiger partial charge < -0.3 is 10.2 Å². The quantitative estimate of drug-likeness (QED) is 0.899. The molecule has 2 aliphatic carbocycles. The fourth-order valence-electron chi connectivity index (χ4n) is 4.61. The molecule has 0 aromatic heterocycles. The van der Waals surface area contributed by atoms with Gasteiger partial charge in [-0.2, -0.15) is 11.8 Å². The summed E-state index contributed by atoms with van der Waals surface area (Å²) in [6, 6.07) is 7.79. The molecule has 3 aliphatic rings.